The molecule has 0 bridgehead atoms. The molecule has 1 aliphatic carbocycles. The lowest BCUT2D eigenvalue weighted by Gasteiger charge is -1.94. The van der Waals surface area contributed by atoms with Crippen LogP contribution in [-0.4, -0.2) is 16.2 Å². The average molecular weight is 193 g/mol. The summed E-state index contributed by atoms with van der Waals surface area (Å²) in [5.74, 6) is -0.803. The highest BCUT2D eigenvalue weighted by molar-refractivity contribution is 5.64. The van der Waals surface area contributed by atoms with Gasteiger partial charge in [0.15, 0.2) is 0 Å². The number of nitrogens with one attached hydrogen (secondary N) is 1. The number of hydrogen-bond acceptors (Lipinski definition) is 4. The highest BCUT2D eigenvalue weighted by atomic mass is 16.4. The van der Waals surface area contributed by atoms with Crippen molar-refractivity contribution in [2.24, 2.45) is 0 Å². The number of fused-ring (bicyclic) bond motifs is 1. The number of hydrogen-bond donors (Lipinski definition) is 2. The Morgan fingerprint density at radius 1 is 1.29 bits per heavy atom. The van der Waals surface area contributed by atoms with E-state index in [1.165, 1.54) is 24.3 Å². The first kappa shape index (κ1) is 8.71. The summed E-state index contributed by atoms with van der Waals surface area (Å²) >= 11 is 0. The van der Waals surface area contributed by atoms with Gasteiger partial charge >= 0.3 is 11.4 Å². The second-order valence-electron chi connectivity index (χ2n) is 2.84. The zero-order chi connectivity index (χ0) is 10.1. The van der Waals surface area contributed by atoms with E-state index in [0.717, 1.165) is 0 Å². The Bertz CT molecular complexity index is 520. The SMILES string of the molecule is O=c1[nH]c2c(c(=O)o1)C=CC(O)C=C2. The lowest BCUT2D eigenvalue weighted by atomic mass is 10.2. The van der Waals surface area contributed by atoms with Crippen LogP contribution < -0.4 is 11.4 Å². The molecule has 1 aromatic heterocycles. The summed E-state index contributed by atoms with van der Waals surface area (Å²) in [7, 11) is 0. The van der Waals surface area contributed by atoms with Crippen LogP contribution in [0.3, 0.4) is 0 Å². The summed E-state index contributed by atoms with van der Waals surface area (Å²) < 4.78 is 4.33. The summed E-state index contributed by atoms with van der Waals surface area (Å²) in [5.41, 5.74) is -0.129. The van der Waals surface area contributed by atoms with E-state index in [1.54, 1.807) is 0 Å². The van der Waals surface area contributed by atoms with Crippen LogP contribution in [-0.2, 0) is 0 Å². The molecule has 0 spiro atoms. The van der Waals surface area contributed by atoms with Gasteiger partial charge in [-0.05, 0) is 12.2 Å². The maximum atomic E-state index is 11.2. The molecule has 1 heterocycles. The molecular weight excluding hydrogens is 186 g/mol. The lowest BCUT2D eigenvalue weighted by molar-refractivity contribution is 0.273. The summed E-state index contributed by atoms with van der Waals surface area (Å²) in [6, 6.07) is 0. The first-order valence-corrected chi connectivity index (χ1v) is 3.99. The van der Waals surface area contributed by atoms with Gasteiger partial charge in [-0.15, -0.1) is 0 Å². The first-order chi connectivity index (χ1) is 6.66. The zero-order valence-electron chi connectivity index (χ0n) is 7.06. The van der Waals surface area contributed by atoms with Gasteiger partial charge in [-0.2, -0.15) is 0 Å². The van der Waals surface area contributed by atoms with E-state index >= 15 is 0 Å². The van der Waals surface area contributed by atoms with Crippen molar-refractivity contribution in [1.29, 1.82) is 0 Å². The van der Waals surface area contributed by atoms with E-state index in [-0.39, 0.29) is 5.56 Å². The fourth-order valence-electron chi connectivity index (χ4n) is 1.19. The Morgan fingerprint density at radius 3 is 2.79 bits per heavy atom. The molecule has 2 N–H and O–H groups in total. The summed E-state index contributed by atoms with van der Waals surface area (Å²) in [5, 5.41) is 9.22. The van der Waals surface area contributed by atoms with Crippen LogP contribution in [0.1, 0.15) is 11.3 Å². The molecule has 1 aromatic rings. The minimum absolute atomic E-state index is 0.234. The van der Waals surface area contributed by atoms with Gasteiger partial charge in [0.2, 0.25) is 0 Å². The van der Waals surface area contributed by atoms with Crippen LogP contribution in [0.15, 0.2) is 26.2 Å². The lowest BCUT2D eigenvalue weighted by Crippen LogP contribution is -2.18. The molecule has 0 aromatic carbocycles. The number of aromatic amines is 1. The normalized spacial score (nSPS) is 19.1. The van der Waals surface area contributed by atoms with E-state index in [4.69, 9.17) is 0 Å². The Balaban J connectivity index is 2.75. The van der Waals surface area contributed by atoms with Crippen molar-refractivity contribution in [3.05, 3.63) is 44.4 Å². The topological polar surface area (TPSA) is 83.3 Å². The molecule has 1 unspecified atom stereocenters. The highest BCUT2D eigenvalue weighted by Gasteiger charge is 2.09. The smallest absolute Gasteiger partial charge is 0.385 e. The maximum absolute atomic E-state index is 11.2. The van der Waals surface area contributed by atoms with Crippen molar-refractivity contribution < 1.29 is 9.52 Å². The molecule has 1 atom stereocenters. The predicted molar refractivity (Wildman–Crippen MR) is 49.7 cm³/mol. The maximum Gasteiger partial charge on any atom is 0.419 e. The van der Waals surface area contributed by atoms with Crippen LogP contribution in [0.2, 0.25) is 0 Å². The Labute approximate surface area is 78.0 Å². The standard InChI is InChI=1S/C9H7NO4/c11-5-1-3-6-7(4-2-5)10-9(13)14-8(6)12/h1-5,11H,(H,10,13). The average Bonchev–Trinajstić information content (AvgIpc) is 2.28. The quantitative estimate of drug-likeness (QED) is 0.594. The second-order valence-corrected chi connectivity index (χ2v) is 2.84. The fourth-order valence-corrected chi connectivity index (χ4v) is 1.19. The molecule has 14 heavy (non-hydrogen) atoms. The van der Waals surface area contributed by atoms with Gasteiger partial charge in [0.1, 0.15) is 0 Å². The minimum Gasteiger partial charge on any atom is -0.385 e. The second kappa shape index (κ2) is 3.12. The fraction of sp³-hybridized carbons (Fsp3) is 0.111. The molecule has 0 radical (unpaired) electrons. The molecule has 2 rings (SSSR count). The Kier molecular flexibility index (Phi) is 1.94. The molecule has 5 nitrogen and oxygen atoms in total. The Morgan fingerprint density at radius 2 is 2.00 bits per heavy atom. The highest BCUT2D eigenvalue weighted by Crippen LogP contribution is 2.09. The summed E-state index contributed by atoms with van der Waals surface area (Å²) in [4.78, 5) is 24.4. The molecule has 5 heteroatoms. The van der Waals surface area contributed by atoms with Gasteiger partial charge in [0.05, 0.1) is 17.4 Å². The van der Waals surface area contributed by atoms with E-state index in [9.17, 15) is 14.7 Å². The third-order valence-electron chi connectivity index (χ3n) is 1.85. The first-order valence-electron chi connectivity index (χ1n) is 3.99. The molecule has 0 aliphatic heterocycles. The molecular formula is C9H7NO4. The van der Waals surface area contributed by atoms with E-state index in [0.29, 0.717) is 5.69 Å². The van der Waals surface area contributed by atoms with E-state index < -0.39 is 17.5 Å². The van der Waals surface area contributed by atoms with Crippen LogP contribution >= 0.6 is 0 Å². The third-order valence-corrected chi connectivity index (χ3v) is 1.85. The van der Waals surface area contributed by atoms with Crippen molar-refractivity contribution in [2.75, 3.05) is 0 Å². The van der Waals surface area contributed by atoms with Crippen LogP contribution in [0.25, 0.3) is 12.2 Å². The van der Waals surface area contributed by atoms with Crippen molar-refractivity contribution in [1.82, 2.24) is 4.98 Å². The van der Waals surface area contributed by atoms with Gasteiger partial charge < -0.3 is 9.52 Å². The Hall–Kier alpha value is -1.88. The molecule has 0 fully saturated rings. The molecule has 0 saturated heterocycles. The summed E-state index contributed by atoms with van der Waals surface area (Å²) in [6.45, 7) is 0. The van der Waals surface area contributed by atoms with Gasteiger partial charge in [0.25, 0.3) is 0 Å². The zero-order valence-corrected chi connectivity index (χ0v) is 7.06. The van der Waals surface area contributed by atoms with Crippen molar-refractivity contribution in [3.8, 4) is 0 Å². The van der Waals surface area contributed by atoms with Gasteiger partial charge in [0, 0.05) is 0 Å². The predicted octanol–water partition coefficient (Wildman–Crippen LogP) is -0.271. The monoisotopic (exact) mass is 193 g/mol. The van der Waals surface area contributed by atoms with Gasteiger partial charge in [-0.1, -0.05) is 12.2 Å². The van der Waals surface area contributed by atoms with Gasteiger partial charge in [-0.3, -0.25) is 4.98 Å². The molecule has 0 amide bonds. The van der Waals surface area contributed by atoms with E-state index in [2.05, 4.69) is 9.40 Å². The molecule has 0 saturated carbocycles. The van der Waals surface area contributed by atoms with Crippen LogP contribution in [0.4, 0.5) is 0 Å². The van der Waals surface area contributed by atoms with Gasteiger partial charge in [-0.25, -0.2) is 9.59 Å². The van der Waals surface area contributed by atoms with Crippen LogP contribution in [0.5, 0.6) is 0 Å². The van der Waals surface area contributed by atoms with Crippen molar-refractivity contribution in [2.45, 2.75) is 6.10 Å². The van der Waals surface area contributed by atoms with E-state index in [1.807, 2.05) is 0 Å². The number of rotatable bonds is 0. The minimum atomic E-state index is -0.803. The number of aliphatic hydroxyl groups excluding tert-OH is 1. The number of aliphatic hydroxyl groups is 1. The number of H-pyrrole nitrogens is 1. The van der Waals surface area contributed by atoms with Crippen LogP contribution in [0, 0.1) is 0 Å². The third kappa shape index (κ3) is 1.45. The van der Waals surface area contributed by atoms with Crippen molar-refractivity contribution >= 4 is 12.2 Å². The number of aromatic nitrogens is 1. The largest absolute Gasteiger partial charge is 0.419 e. The van der Waals surface area contributed by atoms with Crippen molar-refractivity contribution in [3.63, 3.8) is 0 Å². The molecule has 1 aliphatic rings. The summed E-state index contributed by atoms with van der Waals surface area (Å²) in [6.07, 6.45) is 5.01. The molecule has 72 valence electrons.